The first-order chi connectivity index (χ1) is 24.7. The Morgan fingerprint density at radius 3 is 0.846 bits per heavy atom. The number of benzene rings is 4. The van der Waals surface area contributed by atoms with Crippen molar-refractivity contribution in [2.45, 2.75) is 107 Å². The molecule has 52 heavy (non-hydrogen) atoms. The summed E-state index contributed by atoms with van der Waals surface area (Å²) in [6, 6.07) is 17.5. The molecule has 4 aromatic rings. The van der Waals surface area contributed by atoms with Crippen LogP contribution in [0.25, 0.3) is 0 Å². The summed E-state index contributed by atoms with van der Waals surface area (Å²) >= 11 is 4.24. The van der Waals surface area contributed by atoms with Crippen molar-refractivity contribution < 1.29 is 29.2 Å². The Kier molecular flexibility index (Phi) is 19.8. The van der Waals surface area contributed by atoms with Crippen LogP contribution in [0, 0.1) is 55.4 Å². The molecule has 0 aliphatic carbocycles. The second kappa shape index (κ2) is 22.6. The van der Waals surface area contributed by atoms with E-state index < -0.39 is 12.2 Å². The molecule has 0 amide bonds. The van der Waals surface area contributed by atoms with Crippen molar-refractivity contribution in [3.05, 3.63) is 115 Å². The lowest BCUT2D eigenvalue weighted by Crippen LogP contribution is -2.17. The second-order valence-corrected chi connectivity index (χ2v) is 13.7. The zero-order valence-electron chi connectivity index (χ0n) is 33.3. The van der Waals surface area contributed by atoms with Crippen molar-refractivity contribution in [1.82, 2.24) is 0 Å². The summed E-state index contributed by atoms with van der Waals surface area (Å²) in [5.41, 5.74) is 14.2. The van der Waals surface area contributed by atoms with Gasteiger partial charge in [-0.1, -0.05) is 62.4 Å². The highest BCUT2D eigenvalue weighted by molar-refractivity contribution is 15.0. The van der Waals surface area contributed by atoms with E-state index in [1.54, 1.807) is 14.2 Å². The molecule has 0 saturated heterocycles. The summed E-state index contributed by atoms with van der Waals surface area (Å²) in [5.74, 6) is 3.71. The lowest BCUT2D eigenvalue weighted by Gasteiger charge is -2.17. The van der Waals surface area contributed by atoms with E-state index in [-0.39, 0.29) is 0 Å². The van der Waals surface area contributed by atoms with Gasteiger partial charge in [0.05, 0.1) is 26.4 Å². The molecule has 8 heteroatoms. The van der Waals surface area contributed by atoms with Gasteiger partial charge in [-0.2, -0.15) is 0 Å². The molecule has 0 saturated carbocycles. The van der Waals surface area contributed by atoms with E-state index in [2.05, 4.69) is 141 Å². The number of ether oxygens (including phenoxy) is 4. The maximum Gasteiger partial charge on any atom is 0.125 e. The number of aryl methyl sites for hydroxylation is 8. The summed E-state index contributed by atoms with van der Waals surface area (Å²) in [5, 5.41) is 19.4. The minimum absolute atomic E-state index is 0.342. The van der Waals surface area contributed by atoms with E-state index in [1.807, 2.05) is 13.8 Å². The van der Waals surface area contributed by atoms with Gasteiger partial charge in [-0.25, -0.2) is 0 Å². The fourth-order valence-corrected chi connectivity index (χ4v) is 6.73. The highest BCUT2D eigenvalue weighted by Gasteiger charge is 2.13. The second-order valence-electron chi connectivity index (χ2n) is 13.7. The molecule has 4 rings (SSSR count). The van der Waals surface area contributed by atoms with E-state index in [4.69, 9.17) is 18.9 Å². The van der Waals surface area contributed by atoms with Crippen LogP contribution in [0.5, 0.6) is 23.0 Å². The molecule has 0 spiro atoms. The number of methoxy groups -OCH3 is 2. The number of aliphatic hydroxyl groups excluding tert-OH is 2. The average molecular weight is 939 g/mol. The number of halogens is 2. The highest BCUT2D eigenvalue weighted by atomic mass is 128. The van der Waals surface area contributed by atoms with Crippen LogP contribution in [0.3, 0.4) is 0 Å². The Hall–Kier alpha value is -2.54. The predicted molar refractivity (Wildman–Crippen MR) is 234 cm³/mol. The van der Waals surface area contributed by atoms with Crippen LogP contribution >= 0.6 is 37.2 Å². The third-order valence-electron chi connectivity index (χ3n) is 9.09. The average Bonchev–Trinajstić information content (AvgIpc) is 3.08. The van der Waals surface area contributed by atoms with Gasteiger partial charge in [0, 0.05) is 37.2 Å². The third-order valence-corrected chi connectivity index (χ3v) is 9.09. The van der Waals surface area contributed by atoms with Crippen LogP contribution in [0.2, 0.25) is 0 Å². The van der Waals surface area contributed by atoms with Crippen molar-refractivity contribution in [2.24, 2.45) is 0 Å². The molecule has 286 valence electrons. The molecule has 0 aromatic heterocycles. The van der Waals surface area contributed by atoms with Gasteiger partial charge in [0.1, 0.15) is 36.2 Å². The molecule has 0 bridgehead atoms. The molecule has 6 nitrogen and oxygen atoms in total. The van der Waals surface area contributed by atoms with Crippen molar-refractivity contribution in [2.75, 3.05) is 27.4 Å². The number of hydrogen-bond acceptors (Lipinski definition) is 6. The van der Waals surface area contributed by atoms with Crippen LogP contribution < -0.4 is 18.9 Å². The summed E-state index contributed by atoms with van der Waals surface area (Å²) in [6.45, 7) is 21.2. The van der Waals surface area contributed by atoms with Crippen molar-refractivity contribution in [1.29, 1.82) is 0 Å². The Morgan fingerprint density at radius 1 is 0.442 bits per heavy atom. The summed E-state index contributed by atoms with van der Waals surface area (Å²) < 4.78 is 22.6. The molecular formula is C44H60I2O6. The van der Waals surface area contributed by atoms with E-state index in [9.17, 15) is 10.2 Å². The maximum absolute atomic E-state index is 9.71. The molecule has 0 aliphatic rings. The van der Waals surface area contributed by atoms with Gasteiger partial charge in [-0.3, -0.25) is 0 Å². The molecule has 0 fully saturated rings. The van der Waals surface area contributed by atoms with Crippen molar-refractivity contribution in [3.8, 4) is 23.0 Å². The van der Waals surface area contributed by atoms with Gasteiger partial charge in [0.2, 0.25) is 0 Å². The Bertz CT molecular complexity index is 1520. The van der Waals surface area contributed by atoms with Crippen LogP contribution in [-0.2, 0) is 12.8 Å². The fourth-order valence-electron chi connectivity index (χ4n) is 6.73. The molecule has 0 radical (unpaired) electrons. The van der Waals surface area contributed by atoms with E-state index >= 15 is 0 Å². The van der Waals surface area contributed by atoms with E-state index in [0.717, 1.165) is 58.1 Å². The molecule has 2 N–H and O–H groups in total. The number of hydrogen-bond donors (Lipinski definition) is 2. The maximum atomic E-state index is 9.71. The molecule has 4 aromatic carbocycles. The molecule has 0 heterocycles. The van der Waals surface area contributed by atoms with Gasteiger partial charge in [-0.05, 0) is 148 Å². The molecular weight excluding hydrogens is 878 g/mol. The monoisotopic (exact) mass is 938 g/mol. The largest absolute Gasteiger partial charge is 0.496 e. The van der Waals surface area contributed by atoms with Gasteiger partial charge in [0.25, 0.3) is 0 Å². The quantitative estimate of drug-likeness (QED) is 0.123. The molecule has 2 atom stereocenters. The lowest BCUT2D eigenvalue weighted by atomic mass is 9.97. The minimum Gasteiger partial charge on any atom is -0.496 e. The Morgan fingerprint density at radius 2 is 0.654 bits per heavy atom. The zero-order chi connectivity index (χ0) is 39.1. The molecule has 0 aliphatic heterocycles. The SMILES string of the molecule is CCC(O)COc1c(C)cc(Cc2cc(C)c(OC)c(C)c2)cc1C.CCC(O)COc1c(C)cc(Cc2cc(C)c(OC)c(C)c2)cc1C.II. The van der Waals surface area contributed by atoms with Gasteiger partial charge >= 0.3 is 0 Å². The predicted octanol–water partition coefficient (Wildman–Crippen LogP) is 11.1. The first-order valence-corrected chi connectivity index (χ1v) is 24.2. The van der Waals surface area contributed by atoms with E-state index in [0.29, 0.717) is 26.1 Å². The first kappa shape index (κ1) is 45.6. The van der Waals surface area contributed by atoms with Crippen LogP contribution in [0.4, 0.5) is 0 Å². The first-order valence-electron chi connectivity index (χ1n) is 17.9. The summed E-state index contributed by atoms with van der Waals surface area (Å²) in [7, 11) is 3.44. The summed E-state index contributed by atoms with van der Waals surface area (Å²) in [4.78, 5) is 0. The highest BCUT2D eigenvalue weighted by Crippen LogP contribution is 2.31. The van der Waals surface area contributed by atoms with Crippen LogP contribution in [0.15, 0.2) is 48.5 Å². The number of aliphatic hydroxyl groups is 2. The van der Waals surface area contributed by atoms with Gasteiger partial charge in [0.15, 0.2) is 0 Å². The number of rotatable bonds is 14. The van der Waals surface area contributed by atoms with Crippen LogP contribution in [0.1, 0.15) is 93.5 Å². The Labute approximate surface area is 337 Å². The molecule has 2 unspecified atom stereocenters. The summed E-state index contributed by atoms with van der Waals surface area (Å²) in [6.07, 6.45) is 2.34. The van der Waals surface area contributed by atoms with Crippen molar-refractivity contribution >= 4 is 37.2 Å². The van der Waals surface area contributed by atoms with Crippen molar-refractivity contribution in [3.63, 3.8) is 0 Å². The fraction of sp³-hybridized carbons (Fsp3) is 0.455. The van der Waals surface area contributed by atoms with Gasteiger partial charge < -0.3 is 29.2 Å². The smallest absolute Gasteiger partial charge is 0.125 e. The zero-order valence-corrected chi connectivity index (χ0v) is 37.6. The third kappa shape index (κ3) is 13.4. The van der Waals surface area contributed by atoms with E-state index in [1.165, 1.54) is 44.5 Å². The minimum atomic E-state index is -0.413. The standard InChI is InChI=1S/2C22H30O3.I2/c2*1-7-20(23)13-25-22-16(4)10-19(11-17(22)5)12-18-8-14(2)21(24-6)15(3)9-18;1-2/h2*8-11,20,23H,7,12-13H2,1-6H3;. The van der Waals surface area contributed by atoms with Crippen LogP contribution in [-0.4, -0.2) is 49.9 Å². The Balaban J connectivity index is 0.000000344. The lowest BCUT2D eigenvalue weighted by molar-refractivity contribution is 0.103. The van der Waals surface area contributed by atoms with Gasteiger partial charge in [-0.15, -0.1) is 0 Å². The topological polar surface area (TPSA) is 77.4 Å². The normalized spacial score (nSPS) is 11.8.